The third kappa shape index (κ3) is 5.13. The average Bonchev–Trinajstić information content (AvgIpc) is 2.36. The first kappa shape index (κ1) is 15.1. The molecular formula is C15H23F2N. The summed E-state index contributed by atoms with van der Waals surface area (Å²) in [5.74, 6) is -1.51. The zero-order chi connectivity index (χ0) is 13.4. The predicted octanol–water partition coefficient (Wildman–Crippen LogP) is 4.41. The van der Waals surface area contributed by atoms with Crippen molar-refractivity contribution in [1.82, 2.24) is 5.32 Å². The number of halogens is 2. The van der Waals surface area contributed by atoms with Gasteiger partial charge < -0.3 is 5.32 Å². The van der Waals surface area contributed by atoms with E-state index < -0.39 is 11.6 Å². The predicted molar refractivity (Wildman–Crippen MR) is 71.4 cm³/mol. The molecule has 0 aliphatic heterocycles. The zero-order valence-electron chi connectivity index (χ0n) is 11.3. The highest BCUT2D eigenvalue weighted by molar-refractivity contribution is 5.18. The number of unbranched alkanes of at least 4 members (excludes halogenated alkanes) is 3. The molecule has 0 saturated heterocycles. The molecule has 0 aliphatic carbocycles. The molecule has 0 radical (unpaired) electrons. The third-order valence-corrected chi connectivity index (χ3v) is 3.16. The van der Waals surface area contributed by atoms with E-state index in [0.29, 0.717) is 18.2 Å². The van der Waals surface area contributed by atoms with Gasteiger partial charge in [0, 0.05) is 18.2 Å². The van der Waals surface area contributed by atoms with E-state index in [-0.39, 0.29) is 0 Å². The molecule has 0 spiro atoms. The fourth-order valence-corrected chi connectivity index (χ4v) is 1.95. The average molecular weight is 255 g/mol. The number of benzene rings is 1. The van der Waals surface area contributed by atoms with Gasteiger partial charge in [-0.2, -0.15) is 0 Å². The molecule has 102 valence electrons. The van der Waals surface area contributed by atoms with Crippen LogP contribution in [-0.2, 0) is 6.54 Å². The lowest BCUT2D eigenvalue weighted by Crippen LogP contribution is -2.25. The summed E-state index contributed by atoms with van der Waals surface area (Å²) in [5, 5.41) is 3.24. The molecular weight excluding hydrogens is 232 g/mol. The van der Waals surface area contributed by atoms with Gasteiger partial charge in [-0.3, -0.25) is 0 Å². The Morgan fingerprint density at radius 2 is 1.94 bits per heavy atom. The Kier molecular flexibility index (Phi) is 6.88. The van der Waals surface area contributed by atoms with Crippen LogP contribution in [-0.4, -0.2) is 6.04 Å². The maximum absolute atomic E-state index is 13.4. The van der Waals surface area contributed by atoms with Crippen molar-refractivity contribution in [3.63, 3.8) is 0 Å². The largest absolute Gasteiger partial charge is 0.310 e. The van der Waals surface area contributed by atoms with Crippen LogP contribution in [0.25, 0.3) is 0 Å². The quantitative estimate of drug-likeness (QED) is 0.678. The van der Waals surface area contributed by atoms with Gasteiger partial charge in [0.2, 0.25) is 0 Å². The third-order valence-electron chi connectivity index (χ3n) is 3.16. The first-order chi connectivity index (χ1) is 8.65. The molecule has 0 bridgehead atoms. The highest BCUT2D eigenvalue weighted by atomic mass is 19.2. The van der Waals surface area contributed by atoms with Gasteiger partial charge in [0.1, 0.15) is 0 Å². The van der Waals surface area contributed by atoms with Gasteiger partial charge in [-0.05, 0) is 19.4 Å². The van der Waals surface area contributed by atoms with Crippen molar-refractivity contribution in [3.05, 3.63) is 35.4 Å². The van der Waals surface area contributed by atoms with Gasteiger partial charge in [-0.1, -0.05) is 44.7 Å². The highest BCUT2D eigenvalue weighted by Crippen LogP contribution is 2.12. The Bertz CT molecular complexity index is 352. The number of rotatable bonds is 8. The Morgan fingerprint density at radius 3 is 2.67 bits per heavy atom. The van der Waals surface area contributed by atoms with Crippen LogP contribution >= 0.6 is 0 Å². The van der Waals surface area contributed by atoms with Gasteiger partial charge in [0.25, 0.3) is 0 Å². The summed E-state index contributed by atoms with van der Waals surface area (Å²) in [6, 6.07) is 4.65. The molecule has 0 amide bonds. The van der Waals surface area contributed by atoms with Crippen molar-refractivity contribution in [3.8, 4) is 0 Å². The number of hydrogen-bond acceptors (Lipinski definition) is 1. The summed E-state index contributed by atoms with van der Waals surface area (Å²) in [5.41, 5.74) is 0.399. The Balaban J connectivity index is 2.29. The van der Waals surface area contributed by atoms with Gasteiger partial charge in [-0.25, -0.2) is 8.78 Å². The molecule has 0 fully saturated rings. The molecule has 0 heterocycles. The maximum Gasteiger partial charge on any atom is 0.163 e. The lowest BCUT2D eigenvalue weighted by Gasteiger charge is -2.14. The van der Waals surface area contributed by atoms with Crippen LogP contribution in [0.4, 0.5) is 8.78 Å². The molecule has 1 atom stereocenters. The standard InChI is InChI=1S/C15H23F2N/c1-3-4-5-6-8-12(2)18-11-13-9-7-10-14(16)15(13)17/h7,9-10,12,18H,3-6,8,11H2,1-2H3. The fraction of sp³-hybridized carbons (Fsp3) is 0.600. The van der Waals surface area contributed by atoms with Crippen molar-refractivity contribution >= 4 is 0 Å². The van der Waals surface area contributed by atoms with Crippen molar-refractivity contribution in [1.29, 1.82) is 0 Å². The number of hydrogen-bond donors (Lipinski definition) is 1. The van der Waals surface area contributed by atoms with E-state index in [4.69, 9.17) is 0 Å². The molecule has 1 rings (SSSR count). The Hall–Kier alpha value is -0.960. The fourth-order valence-electron chi connectivity index (χ4n) is 1.95. The van der Waals surface area contributed by atoms with Crippen LogP contribution in [0.2, 0.25) is 0 Å². The van der Waals surface area contributed by atoms with Crippen LogP contribution < -0.4 is 5.32 Å². The van der Waals surface area contributed by atoms with Crippen molar-refractivity contribution in [2.45, 2.75) is 58.5 Å². The smallest absolute Gasteiger partial charge is 0.163 e. The van der Waals surface area contributed by atoms with Crippen molar-refractivity contribution in [2.75, 3.05) is 0 Å². The molecule has 1 unspecified atom stereocenters. The van der Waals surface area contributed by atoms with Gasteiger partial charge in [0.15, 0.2) is 11.6 Å². The molecule has 3 heteroatoms. The molecule has 1 aromatic carbocycles. The Labute approximate surface area is 109 Å². The minimum atomic E-state index is -0.773. The Morgan fingerprint density at radius 1 is 1.17 bits per heavy atom. The highest BCUT2D eigenvalue weighted by Gasteiger charge is 2.08. The summed E-state index contributed by atoms with van der Waals surface area (Å²) in [6.07, 6.45) is 6.02. The van der Waals surface area contributed by atoms with Crippen LogP contribution in [0.1, 0.15) is 51.5 Å². The molecule has 0 saturated carbocycles. The second-order valence-electron chi connectivity index (χ2n) is 4.84. The van der Waals surface area contributed by atoms with Gasteiger partial charge in [-0.15, -0.1) is 0 Å². The van der Waals surface area contributed by atoms with E-state index in [2.05, 4.69) is 19.2 Å². The maximum atomic E-state index is 13.4. The summed E-state index contributed by atoms with van der Waals surface area (Å²) in [7, 11) is 0. The summed E-state index contributed by atoms with van der Waals surface area (Å²) in [6.45, 7) is 4.66. The van der Waals surface area contributed by atoms with E-state index in [9.17, 15) is 8.78 Å². The molecule has 1 nitrogen and oxygen atoms in total. The lowest BCUT2D eigenvalue weighted by atomic mass is 10.1. The molecule has 1 N–H and O–H groups in total. The SMILES string of the molecule is CCCCCCC(C)NCc1cccc(F)c1F. The second kappa shape index (κ2) is 8.20. The van der Waals surface area contributed by atoms with Crippen molar-refractivity contribution < 1.29 is 8.78 Å². The van der Waals surface area contributed by atoms with E-state index in [1.165, 1.54) is 25.7 Å². The zero-order valence-corrected chi connectivity index (χ0v) is 11.3. The molecule has 0 aliphatic rings. The normalized spacial score (nSPS) is 12.7. The molecule has 0 aromatic heterocycles. The minimum Gasteiger partial charge on any atom is -0.310 e. The van der Waals surface area contributed by atoms with Gasteiger partial charge >= 0.3 is 0 Å². The number of nitrogens with one attached hydrogen (secondary N) is 1. The van der Waals surface area contributed by atoms with E-state index in [1.807, 2.05) is 0 Å². The van der Waals surface area contributed by atoms with E-state index in [1.54, 1.807) is 12.1 Å². The summed E-state index contributed by atoms with van der Waals surface area (Å²) >= 11 is 0. The van der Waals surface area contributed by atoms with Crippen LogP contribution in [0, 0.1) is 11.6 Å². The molecule has 18 heavy (non-hydrogen) atoms. The van der Waals surface area contributed by atoms with Crippen LogP contribution in [0.3, 0.4) is 0 Å². The van der Waals surface area contributed by atoms with E-state index >= 15 is 0 Å². The lowest BCUT2D eigenvalue weighted by molar-refractivity contribution is 0.460. The monoisotopic (exact) mass is 255 g/mol. The summed E-state index contributed by atoms with van der Waals surface area (Å²) < 4.78 is 26.4. The summed E-state index contributed by atoms with van der Waals surface area (Å²) in [4.78, 5) is 0. The first-order valence-electron chi connectivity index (χ1n) is 6.81. The van der Waals surface area contributed by atoms with Crippen LogP contribution in [0.5, 0.6) is 0 Å². The first-order valence-corrected chi connectivity index (χ1v) is 6.81. The minimum absolute atomic E-state index is 0.338. The van der Waals surface area contributed by atoms with Crippen molar-refractivity contribution in [2.24, 2.45) is 0 Å². The van der Waals surface area contributed by atoms with Crippen LogP contribution in [0.15, 0.2) is 18.2 Å². The van der Waals surface area contributed by atoms with Gasteiger partial charge in [0.05, 0.1) is 0 Å². The second-order valence-corrected chi connectivity index (χ2v) is 4.84. The van der Waals surface area contributed by atoms with E-state index in [0.717, 1.165) is 12.5 Å². The topological polar surface area (TPSA) is 12.0 Å². The molecule has 1 aromatic rings.